The first-order valence-corrected chi connectivity index (χ1v) is 8.27. The van der Waals surface area contributed by atoms with Gasteiger partial charge in [-0.15, -0.1) is 0 Å². The molecule has 0 heterocycles. The lowest BCUT2D eigenvalue weighted by Gasteiger charge is -2.18. The highest BCUT2D eigenvalue weighted by atomic mass is 32.2. The Morgan fingerprint density at radius 3 is 2.12 bits per heavy atom. The Hall–Kier alpha value is -2.74. The van der Waals surface area contributed by atoms with Gasteiger partial charge in [0.05, 0.1) is 4.90 Å². The smallest absolute Gasteiger partial charge is 0.267 e. The molecule has 2 rings (SSSR count). The molecule has 2 amide bonds. The first-order chi connectivity index (χ1) is 11.1. The Balaban J connectivity index is 2.42. The van der Waals surface area contributed by atoms with Crippen LogP contribution in [0.1, 0.15) is 26.3 Å². The van der Waals surface area contributed by atoms with Crippen LogP contribution in [0.2, 0.25) is 0 Å². The maximum Gasteiger partial charge on any atom is 0.267 e. The number of nitrogens with two attached hydrogens (primary N) is 1. The lowest BCUT2D eigenvalue weighted by molar-refractivity contribution is 0.0882. The molecule has 0 saturated carbocycles. The summed E-state index contributed by atoms with van der Waals surface area (Å²) >= 11 is 0. The fourth-order valence-electron chi connectivity index (χ4n) is 2.01. The van der Waals surface area contributed by atoms with Crippen molar-refractivity contribution in [3.8, 4) is 0 Å². The third-order valence-electron chi connectivity index (χ3n) is 3.39. The highest BCUT2D eigenvalue weighted by Gasteiger charge is 2.27. The third kappa shape index (κ3) is 3.43. The second-order valence-electron chi connectivity index (χ2n) is 5.18. The van der Waals surface area contributed by atoms with Crippen LogP contribution in [0.15, 0.2) is 47.4 Å². The molecule has 0 fully saturated rings. The van der Waals surface area contributed by atoms with Crippen LogP contribution in [-0.4, -0.2) is 31.6 Å². The number of hydrogen-bond donors (Lipinski definition) is 1. The molecule has 6 nitrogen and oxygen atoms in total. The Labute approximate surface area is 138 Å². The SMILES string of the molecule is Cc1ccc(S(=O)(=O)N(C)C(=O)c2cc(F)cc(C(N)=O)c2)cc1. The van der Waals surface area contributed by atoms with E-state index in [0.717, 1.165) is 30.8 Å². The summed E-state index contributed by atoms with van der Waals surface area (Å²) in [5.74, 6) is -2.76. The van der Waals surface area contributed by atoms with E-state index in [1.54, 1.807) is 19.1 Å². The van der Waals surface area contributed by atoms with Gasteiger partial charge >= 0.3 is 0 Å². The summed E-state index contributed by atoms with van der Waals surface area (Å²) in [6, 6.07) is 8.69. The van der Waals surface area contributed by atoms with E-state index in [9.17, 15) is 22.4 Å². The van der Waals surface area contributed by atoms with Crippen molar-refractivity contribution in [3.63, 3.8) is 0 Å². The number of halogens is 1. The predicted octanol–water partition coefficient (Wildman–Crippen LogP) is 1.69. The minimum absolute atomic E-state index is 0.0736. The van der Waals surface area contributed by atoms with Crippen molar-refractivity contribution in [2.45, 2.75) is 11.8 Å². The van der Waals surface area contributed by atoms with Crippen LogP contribution < -0.4 is 5.73 Å². The Morgan fingerprint density at radius 2 is 1.58 bits per heavy atom. The lowest BCUT2D eigenvalue weighted by atomic mass is 10.1. The van der Waals surface area contributed by atoms with E-state index < -0.39 is 27.7 Å². The van der Waals surface area contributed by atoms with Crippen LogP contribution in [0.25, 0.3) is 0 Å². The first-order valence-electron chi connectivity index (χ1n) is 6.83. The molecule has 2 N–H and O–H groups in total. The summed E-state index contributed by atoms with van der Waals surface area (Å²) in [6.45, 7) is 1.80. The number of aryl methyl sites for hydroxylation is 1. The fourth-order valence-corrected chi connectivity index (χ4v) is 3.13. The average Bonchev–Trinajstić information content (AvgIpc) is 2.53. The summed E-state index contributed by atoms with van der Waals surface area (Å²) < 4.78 is 39.0. The number of benzene rings is 2. The normalized spacial score (nSPS) is 11.1. The maximum absolute atomic E-state index is 13.5. The first kappa shape index (κ1) is 17.6. The van der Waals surface area contributed by atoms with Crippen LogP contribution in [-0.2, 0) is 10.0 Å². The largest absolute Gasteiger partial charge is 0.366 e. The van der Waals surface area contributed by atoms with E-state index in [2.05, 4.69) is 0 Å². The van der Waals surface area contributed by atoms with E-state index >= 15 is 0 Å². The zero-order valence-corrected chi connectivity index (χ0v) is 13.8. The minimum Gasteiger partial charge on any atom is -0.366 e. The molecule has 0 aliphatic rings. The topological polar surface area (TPSA) is 97.5 Å². The van der Waals surface area contributed by atoms with Crippen molar-refractivity contribution in [3.05, 3.63) is 65.0 Å². The van der Waals surface area contributed by atoms with Gasteiger partial charge in [-0.2, -0.15) is 0 Å². The van der Waals surface area contributed by atoms with Gasteiger partial charge in [0.1, 0.15) is 5.82 Å². The monoisotopic (exact) mass is 350 g/mol. The summed E-state index contributed by atoms with van der Waals surface area (Å²) in [5, 5.41) is 0. The number of carbonyl (C=O) groups excluding carboxylic acids is 2. The fraction of sp³-hybridized carbons (Fsp3) is 0.125. The maximum atomic E-state index is 13.5. The minimum atomic E-state index is -4.10. The number of rotatable bonds is 4. The van der Waals surface area contributed by atoms with Gasteiger partial charge in [-0.3, -0.25) is 9.59 Å². The molecule has 0 atom stereocenters. The van der Waals surface area contributed by atoms with Gasteiger partial charge in [-0.05, 0) is 37.3 Å². The highest BCUT2D eigenvalue weighted by molar-refractivity contribution is 7.89. The zero-order chi connectivity index (χ0) is 18.1. The molecule has 0 bridgehead atoms. The van der Waals surface area contributed by atoms with Gasteiger partial charge in [0, 0.05) is 18.2 Å². The summed E-state index contributed by atoms with van der Waals surface area (Å²) in [4.78, 5) is 23.5. The van der Waals surface area contributed by atoms with Crippen molar-refractivity contribution in [1.29, 1.82) is 0 Å². The van der Waals surface area contributed by atoms with Gasteiger partial charge < -0.3 is 5.73 Å². The molecule has 2 aromatic rings. The van der Waals surface area contributed by atoms with Gasteiger partial charge in [0.15, 0.2) is 0 Å². The van der Waals surface area contributed by atoms with Crippen molar-refractivity contribution < 1.29 is 22.4 Å². The number of hydrogen-bond acceptors (Lipinski definition) is 4. The predicted molar refractivity (Wildman–Crippen MR) is 85.4 cm³/mol. The summed E-state index contributed by atoms with van der Waals surface area (Å²) in [7, 11) is -3.04. The van der Waals surface area contributed by atoms with Crippen molar-refractivity contribution in [2.24, 2.45) is 5.73 Å². The summed E-state index contributed by atoms with van der Waals surface area (Å²) in [6.07, 6.45) is 0. The quantitative estimate of drug-likeness (QED) is 0.907. The molecule has 0 spiro atoms. The van der Waals surface area contributed by atoms with E-state index in [-0.39, 0.29) is 16.0 Å². The standard InChI is InChI=1S/C16H15FN2O4S/c1-10-3-5-14(6-4-10)24(22,23)19(2)16(21)12-7-11(15(18)20)8-13(17)9-12/h3-9H,1-2H3,(H2,18,20). The van der Waals surface area contributed by atoms with Gasteiger partial charge in [0.25, 0.3) is 15.9 Å². The lowest BCUT2D eigenvalue weighted by Crippen LogP contribution is -2.33. The van der Waals surface area contributed by atoms with Crippen LogP contribution in [0.5, 0.6) is 0 Å². The second-order valence-corrected chi connectivity index (χ2v) is 7.15. The van der Waals surface area contributed by atoms with Crippen molar-refractivity contribution >= 4 is 21.8 Å². The van der Waals surface area contributed by atoms with Crippen LogP contribution in [0.3, 0.4) is 0 Å². The molecule has 24 heavy (non-hydrogen) atoms. The number of carbonyl (C=O) groups is 2. The molecule has 2 aromatic carbocycles. The molecule has 0 saturated heterocycles. The molecule has 0 unspecified atom stereocenters. The molecular weight excluding hydrogens is 335 g/mol. The molecule has 8 heteroatoms. The molecule has 0 radical (unpaired) electrons. The van der Waals surface area contributed by atoms with Crippen molar-refractivity contribution in [1.82, 2.24) is 4.31 Å². The van der Waals surface area contributed by atoms with Crippen LogP contribution in [0, 0.1) is 12.7 Å². The van der Waals surface area contributed by atoms with E-state index in [1.807, 2.05) is 0 Å². The van der Waals surface area contributed by atoms with Crippen molar-refractivity contribution in [2.75, 3.05) is 7.05 Å². The van der Waals surface area contributed by atoms with Gasteiger partial charge in [-0.25, -0.2) is 17.1 Å². The van der Waals surface area contributed by atoms with Gasteiger partial charge in [-0.1, -0.05) is 17.7 Å². The number of nitrogens with zero attached hydrogens (tertiary/aromatic N) is 1. The van der Waals surface area contributed by atoms with E-state index in [4.69, 9.17) is 5.73 Å². The molecule has 0 aliphatic carbocycles. The second kappa shape index (κ2) is 6.40. The number of amides is 2. The third-order valence-corrected chi connectivity index (χ3v) is 5.15. The van der Waals surface area contributed by atoms with E-state index in [0.29, 0.717) is 4.31 Å². The van der Waals surface area contributed by atoms with Crippen LogP contribution >= 0.6 is 0 Å². The zero-order valence-electron chi connectivity index (χ0n) is 13.0. The average molecular weight is 350 g/mol. The number of sulfonamides is 1. The Bertz CT molecular complexity index is 908. The highest BCUT2D eigenvalue weighted by Crippen LogP contribution is 2.18. The van der Waals surface area contributed by atoms with E-state index in [1.165, 1.54) is 12.1 Å². The molecule has 126 valence electrons. The Morgan fingerprint density at radius 1 is 1.04 bits per heavy atom. The molecule has 0 aliphatic heterocycles. The Kier molecular flexibility index (Phi) is 4.70. The summed E-state index contributed by atoms with van der Waals surface area (Å²) in [5.41, 5.74) is 5.42. The molecule has 0 aromatic heterocycles. The van der Waals surface area contributed by atoms with Crippen LogP contribution in [0.4, 0.5) is 4.39 Å². The van der Waals surface area contributed by atoms with Gasteiger partial charge in [0.2, 0.25) is 5.91 Å². The molecular formula is C16H15FN2O4S. The number of primary amides is 1.